The molecule has 0 saturated heterocycles. The van der Waals surface area contributed by atoms with Crippen molar-refractivity contribution < 1.29 is 27.7 Å². The molecule has 1 rings (SSSR count). The first-order valence-corrected chi connectivity index (χ1v) is 8.54. The summed E-state index contributed by atoms with van der Waals surface area (Å²) in [5.74, 6) is -1.62. The number of nitro benzene ring substituents is 1. The standard InChI is InChI=1S/C14H18N2O7S/c1-9(2)15-13(17)8-23-14(18)10(3)24(21,22)12-6-4-11(5-7-12)16(19)20/h4-7,9-10H,8H2,1-3H3,(H,15,17)/t10-/m0/s1. The number of benzene rings is 1. The van der Waals surface area contributed by atoms with Crippen LogP contribution in [-0.2, 0) is 24.2 Å². The zero-order valence-electron chi connectivity index (χ0n) is 13.4. The quantitative estimate of drug-likeness (QED) is 0.433. The van der Waals surface area contributed by atoms with E-state index in [0.29, 0.717) is 0 Å². The second-order valence-corrected chi connectivity index (χ2v) is 7.54. The van der Waals surface area contributed by atoms with Crippen LogP contribution in [0.5, 0.6) is 0 Å². The van der Waals surface area contributed by atoms with Gasteiger partial charge in [0, 0.05) is 18.2 Å². The van der Waals surface area contributed by atoms with Crippen LogP contribution in [0.15, 0.2) is 29.2 Å². The van der Waals surface area contributed by atoms with Crippen molar-refractivity contribution in [2.24, 2.45) is 0 Å². The Morgan fingerprint density at radius 2 is 1.75 bits per heavy atom. The zero-order chi connectivity index (χ0) is 18.5. The van der Waals surface area contributed by atoms with Gasteiger partial charge < -0.3 is 10.1 Å². The fourth-order valence-electron chi connectivity index (χ4n) is 1.71. The number of non-ortho nitro benzene ring substituents is 1. The van der Waals surface area contributed by atoms with Gasteiger partial charge in [-0.25, -0.2) is 8.42 Å². The molecule has 0 fully saturated rings. The molecular weight excluding hydrogens is 340 g/mol. The largest absolute Gasteiger partial charge is 0.455 e. The zero-order valence-corrected chi connectivity index (χ0v) is 14.2. The molecule has 0 aliphatic heterocycles. The highest BCUT2D eigenvalue weighted by Crippen LogP contribution is 2.20. The second kappa shape index (κ2) is 7.86. The van der Waals surface area contributed by atoms with E-state index in [-0.39, 0.29) is 16.6 Å². The van der Waals surface area contributed by atoms with E-state index in [0.717, 1.165) is 31.2 Å². The molecule has 1 atom stereocenters. The van der Waals surface area contributed by atoms with Gasteiger partial charge in [0.1, 0.15) is 0 Å². The highest BCUT2D eigenvalue weighted by atomic mass is 32.2. The summed E-state index contributed by atoms with van der Waals surface area (Å²) in [6.45, 7) is 3.99. The maximum atomic E-state index is 12.3. The van der Waals surface area contributed by atoms with Crippen molar-refractivity contribution in [2.75, 3.05) is 6.61 Å². The highest BCUT2D eigenvalue weighted by molar-refractivity contribution is 7.92. The number of hydrogen-bond donors (Lipinski definition) is 1. The molecular formula is C14H18N2O7S. The summed E-state index contributed by atoms with van der Waals surface area (Å²) < 4.78 is 29.3. The third-order valence-corrected chi connectivity index (χ3v) is 5.02. The molecule has 0 aliphatic rings. The van der Waals surface area contributed by atoms with E-state index < -0.39 is 38.5 Å². The molecule has 0 aromatic heterocycles. The lowest BCUT2D eigenvalue weighted by atomic mass is 10.3. The number of nitrogens with one attached hydrogen (secondary N) is 1. The monoisotopic (exact) mass is 358 g/mol. The first kappa shape index (κ1) is 19.6. The molecule has 0 radical (unpaired) electrons. The third kappa shape index (κ3) is 5.01. The van der Waals surface area contributed by atoms with Crippen molar-refractivity contribution in [3.8, 4) is 0 Å². The summed E-state index contributed by atoms with van der Waals surface area (Å²) in [4.78, 5) is 32.9. The van der Waals surface area contributed by atoms with Crippen LogP contribution < -0.4 is 5.32 Å². The maximum Gasteiger partial charge on any atom is 0.324 e. The van der Waals surface area contributed by atoms with E-state index in [1.54, 1.807) is 13.8 Å². The first-order chi connectivity index (χ1) is 11.1. The molecule has 0 bridgehead atoms. The summed E-state index contributed by atoms with van der Waals surface area (Å²) >= 11 is 0. The number of nitrogens with zero attached hydrogens (tertiary/aromatic N) is 1. The number of ether oxygens (including phenoxy) is 1. The lowest BCUT2D eigenvalue weighted by Crippen LogP contribution is -2.36. The lowest BCUT2D eigenvalue weighted by Gasteiger charge is -2.13. The minimum atomic E-state index is -4.08. The van der Waals surface area contributed by atoms with Crippen LogP contribution in [-0.4, -0.2) is 43.1 Å². The predicted octanol–water partition coefficient (Wildman–Crippen LogP) is 0.825. The molecule has 1 amide bonds. The molecule has 1 aromatic carbocycles. The summed E-state index contributed by atoms with van der Waals surface area (Å²) in [5, 5.41) is 11.5. The SMILES string of the molecule is CC(C)NC(=O)COC(=O)[C@H](C)S(=O)(=O)c1ccc([N+](=O)[O-])cc1. The average Bonchev–Trinajstić information content (AvgIpc) is 2.51. The molecule has 9 nitrogen and oxygen atoms in total. The van der Waals surface area contributed by atoms with Gasteiger partial charge in [0.15, 0.2) is 21.7 Å². The van der Waals surface area contributed by atoms with Crippen LogP contribution >= 0.6 is 0 Å². The predicted molar refractivity (Wildman–Crippen MR) is 84.0 cm³/mol. The number of nitro groups is 1. The van der Waals surface area contributed by atoms with Gasteiger partial charge in [0.05, 0.1) is 9.82 Å². The molecule has 1 N–H and O–H groups in total. The number of amides is 1. The Balaban J connectivity index is 2.80. The van der Waals surface area contributed by atoms with Crippen molar-refractivity contribution in [3.63, 3.8) is 0 Å². The highest BCUT2D eigenvalue weighted by Gasteiger charge is 2.31. The molecule has 0 spiro atoms. The van der Waals surface area contributed by atoms with E-state index in [2.05, 4.69) is 5.32 Å². The molecule has 0 saturated carbocycles. The number of rotatable bonds is 7. The fourth-order valence-corrected chi connectivity index (χ4v) is 2.95. The van der Waals surface area contributed by atoms with Gasteiger partial charge >= 0.3 is 5.97 Å². The van der Waals surface area contributed by atoms with Gasteiger partial charge in [0.25, 0.3) is 11.6 Å². The van der Waals surface area contributed by atoms with E-state index in [9.17, 15) is 28.1 Å². The van der Waals surface area contributed by atoms with Gasteiger partial charge in [0.2, 0.25) is 0 Å². The van der Waals surface area contributed by atoms with Crippen LogP contribution in [0, 0.1) is 10.1 Å². The van der Waals surface area contributed by atoms with Crippen LogP contribution in [0.2, 0.25) is 0 Å². The smallest absolute Gasteiger partial charge is 0.324 e. The van der Waals surface area contributed by atoms with Crippen LogP contribution in [0.25, 0.3) is 0 Å². The second-order valence-electron chi connectivity index (χ2n) is 5.27. The molecule has 24 heavy (non-hydrogen) atoms. The van der Waals surface area contributed by atoms with Crippen molar-refractivity contribution in [1.82, 2.24) is 5.32 Å². The maximum absolute atomic E-state index is 12.3. The Morgan fingerprint density at radius 1 is 1.21 bits per heavy atom. The van der Waals surface area contributed by atoms with Gasteiger partial charge in [-0.2, -0.15) is 0 Å². The Bertz CT molecular complexity index is 726. The molecule has 1 aromatic rings. The Hall–Kier alpha value is -2.49. The van der Waals surface area contributed by atoms with Crippen LogP contribution in [0.3, 0.4) is 0 Å². The van der Waals surface area contributed by atoms with Gasteiger partial charge in [-0.1, -0.05) is 0 Å². The topological polar surface area (TPSA) is 133 Å². The minimum Gasteiger partial charge on any atom is -0.455 e. The van der Waals surface area contributed by atoms with Crippen molar-refractivity contribution >= 4 is 27.4 Å². The van der Waals surface area contributed by atoms with Crippen LogP contribution in [0.4, 0.5) is 5.69 Å². The van der Waals surface area contributed by atoms with Gasteiger partial charge in [-0.3, -0.25) is 19.7 Å². The summed E-state index contributed by atoms with van der Waals surface area (Å²) in [6.07, 6.45) is 0. The molecule has 132 valence electrons. The number of hydrogen-bond acceptors (Lipinski definition) is 7. The summed E-state index contributed by atoms with van der Waals surface area (Å²) in [7, 11) is -4.08. The lowest BCUT2D eigenvalue weighted by molar-refractivity contribution is -0.384. The average molecular weight is 358 g/mol. The van der Waals surface area contributed by atoms with E-state index >= 15 is 0 Å². The van der Waals surface area contributed by atoms with Gasteiger partial charge in [-0.05, 0) is 32.9 Å². The molecule has 0 unspecified atom stereocenters. The van der Waals surface area contributed by atoms with E-state index in [1.165, 1.54) is 0 Å². The Kier molecular flexibility index (Phi) is 6.41. The molecule has 0 heterocycles. The van der Waals surface area contributed by atoms with Crippen LogP contribution in [0.1, 0.15) is 20.8 Å². The Morgan fingerprint density at radius 3 is 2.21 bits per heavy atom. The van der Waals surface area contributed by atoms with E-state index in [4.69, 9.17) is 4.74 Å². The minimum absolute atomic E-state index is 0.141. The van der Waals surface area contributed by atoms with Crippen molar-refractivity contribution in [3.05, 3.63) is 34.4 Å². The molecule has 10 heteroatoms. The number of carbonyl (C=O) groups is 2. The third-order valence-electron chi connectivity index (χ3n) is 2.97. The number of esters is 1. The van der Waals surface area contributed by atoms with E-state index in [1.807, 2.05) is 0 Å². The number of carbonyl (C=O) groups excluding carboxylic acids is 2. The van der Waals surface area contributed by atoms with Crippen molar-refractivity contribution in [1.29, 1.82) is 0 Å². The fraction of sp³-hybridized carbons (Fsp3) is 0.429. The Labute approximate surface area is 139 Å². The summed E-state index contributed by atoms with van der Waals surface area (Å²) in [6, 6.07) is 4.01. The van der Waals surface area contributed by atoms with Crippen molar-refractivity contribution in [2.45, 2.75) is 37.0 Å². The van der Waals surface area contributed by atoms with Gasteiger partial charge in [-0.15, -0.1) is 0 Å². The molecule has 0 aliphatic carbocycles. The first-order valence-electron chi connectivity index (χ1n) is 7.00. The summed E-state index contributed by atoms with van der Waals surface area (Å²) in [5.41, 5.74) is -0.269. The normalized spacial score (nSPS) is 12.5. The number of sulfone groups is 1.